The van der Waals surface area contributed by atoms with E-state index in [0.717, 1.165) is 6.42 Å². The van der Waals surface area contributed by atoms with E-state index in [1.807, 2.05) is 0 Å². The number of nitrogens with zero attached hydrogens (tertiary/aromatic N) is 1. The van der Waals surface area contributed by atoms with Gasteiger partial charge in [0.2, 0.25) is 0 Å². The minimum absolute atomic E-state index is 0.0191. The first-order valence-electron chi connectivity index (χ1n) is 7.82. The standard InChI is InChI=1S/C15H29NOS/c1-2-18-12-6-11-16-10-5-8-14(16)13-7-3-4-9-15(13)17/h13-15,17H,2-12H2,1H3. The van der Waals surface area contributed by atoms with Crippen molar-refractivity contribution < 1.29 is 5.11 Å². The minimum atomic E-state index is -0.0191. The molecule has 2 aliphatic rings. The van der Waals surface area contributed by atoms with E-state index in [9.17, 15) is 5.11 Å². The lowest BCUT2D eigenvalue weighted by atomic mass is 9.80. The predicted octanol–water partition coefficient (Wildman–Crippen LogP) is 3.15. The molecule has 3 atom stereocenters. The number of thioether (sulfide) groups is 1. The zero-order valence-electron chi connectivity index (χ0n) is 11.8. The largest absolute Gasteiger partial charge is 0.393 e. The van der Waals surface area contributed by atoms with Crippen LogP contribution >= 0.6 is 11.8 Å². The van der Waals surface area contributed by atoms with Gasteiger partial charge in [0, 0.05) is 12.0 Å². The molecule has 2 nitrogen and oxygen atoms in total. The van der Waals surface area contributed by atoms with Crippen molar-refractivity contribution in [3.05, 3.63) is 0 Å². The van der Waals surface area contributed by atoms with Crippen molar-refractivity contribution in [2.24, 2.45) is 5.92 Å². The molecule has 1 aliphatic heterocycles. The van der Waals surface area contributed by atoms with Gasteiger partial charge in [-0.05, 0) is 56.7 Å². The molecule has 0 aromatic heterocycles. The van der Waals surface area contributed by atoms with Gasteiger partial charge >= 0.3 is 0 Å². The summed E-state index contributed by atoms with van der Waals surface area (Å²) in [6.45, 7) is 4.76. The molecule has 18 heavy (non-hydrogen) atoms. The van der Waals surface area contributed by atoms with Crippen LogP contribution < -0.4 is 0 Å². The van der Waals surface area contributed by atoms with E-state index in [1.165, 1.54) is 63.1 Å². The van der Waals surface area contributed by atoms with Crippen molar-refractivity contribution >= 4 is 11.8 Å². The molecule has 2 fully saturated rings. The van der Waals surface area contributed by atoms with Crippen molar-refractivity contribution in [2.75, 3.05) is 24.6 Å². The van der Waals surface area contributed by atoms with E-state index in [0.29, 0.717) is 12.0 Å². The molecule has 1 N–H and O–H groups in total. The number of likely N-dealkylation sites (tertiary alicyclic amines) is 1. The highest BCUT2D eigenvalue weighted by atomic mass is 32.2. The Hall–Kier alpha value is 0.270. The second-order valence-corrected chi connectivity index (χ2v) is 7.21. The van der Waals surface area contributed by atoms with Gasteiger partial charge in [-0.1, -0.05) is 19.8 Å². The van der Waals surface area contributed by atoms with Crippen LogP contribution in [0.4, 0.5) is 0 Å². The number of aliphatic hydroxyl groups is 1. The van der Waals surface area contributed by atoms with Gasteiger partial charge in [-0.2, -0.15) is 11.8 Å². The molecule has 1 aliphatic carbocycles. The second kappa shape index (κ2) is 7.76. The van der Waals surface area contributed by atoms with Gasteiger partial charge in [0.15, 0.2) is 0 Å². The Kier molecular flexibility index (Phi) is 6.33. The van der Waals surface area contributed by atoms with Gasteiger partial charge in [-0.25, -0.2) is 0 Å². The van der Waals surface area contributed by atoms with Crippen LogP contribution in [0.15, 0.2) is 0 Å². The fourth-order valence-electron chi connectivity index (χ4n) is 3.72. The van der Waals surface area contributed by atoms with E-state index >= 15 is 0 Å². The van der Waals surface area contributed by atoms with E-state index in [1.54, 1.807) is 0 Å². The van der Waals surface area contributed by atoms with E-state index in [-0.39, 0.29) is 6.10 Å². The highest BCUT2D eigenvalue weighted by molar-refractivity contribution is 7.99. The lowest BCUT2D eigenvalue weighted by Gasteiger charge is -2.37. The van der Waals surface area contributed by atoms with Gasteiger partial charge in [-0.15, -0.1) is 0 Å². The lowest BCUT2D eigenvalue weighted by molar-refractivity contribution is 0.0223. The first-order valence-corrected chi connectivity index (χ1v) is 8.98. The molecular formula is C15H29NOS. The van der Waals surface area contributed by atoms with Gasteiger partial charge in [0.25, 0.3) is 0 Å². The number of hydrogen-bond donors (Lipinski definition) is 1. The number of hydrogen-bond acceptors (Lipinski definition) is 3. The Labute approximate surface area is 117 Å². The van der Waals surface area contributed by atoms with E-state index < -0.39 is 0 Å². The fourth-order valence-corrected chi connectivity index (χ4v) is 4.34. The van der Waals surface area contributed by atoms with Crippen molar-refractivity contribution in [3.8, 4) is 0 Å². The predicted molar refractivity (Wildman–Crippen MR) is 80.2 cm³/mol. The van der Waals surface area contributed by atoms with Crippen LogP contribution in [0.25, 0.3) is 0 Å². The average molecular weight is 271 g/mol. The summed E-state index contributed by atoms with van der Waals surface area (Å²) in [5.41, 5.74) is 0. The van der Waals surface area contributed by atoms with Gasteiger partial charge in [-0.3, -0.25) is 4.90 Å². The molecule has 0 aromatic carbocycles. The third-order valence-corrected chi connectivity index (χ3v) is 5.61. The maximum atomic E-state index is 10.2. The molecule has 1 heterocycles. The molecule has 3 unspecified atom stereocenters. The normalized spacial score (nSPS) is 34.0. The Balaban J connectivity index is 1.78. The topological polar surface area (TPSA) is 23.5 Å². The van der Waals surface area contributed by atoms with E-state index in [4.69, 9.17) is 0 Å². The summed E-state index contributed by atoms with van der Waals surface area (Å²) in [5, 5.41) is 10.2. The van der Waals surface area contributed by atoms with Crippen LogP contribution in [0.1, 0.15) is 51.9 Å². The Morgan fingerprint density at radius 2 is 2.00 bits per heavy atom. The molecule has 0 radical (unpaired) electrons. The number of aliphatic hydroxyl groups excluding tert-OH is 1. The average Bonchev–Trinajstić information content (AvgIpc) is 2.83. The van der Waals surface area contributed by atoms with Crippen molar-refractivity contribution in [2.45, 2.75) is 64.0 Å². The van der Waals surface area contributed by atoms with Crippen LogP contribution in [-0.4, -0.2) is 46.7 Å². The molecule has 0 aromatic rings. The SMILES string of the molecule is CCSCCCN1CCCC1C1CCCCC1O. The third kappa shape index (κ3) is 3.88. The Morgan fingerprint density at radius 1 is 1.17 bits per heavy atom. The van der Waals surface area contributed by atoms with Crippen LogP contribution in [0.2, 0.25) is 0 Å². The smallest absolute Gasteiger partial charge is 0.0583 e. The van der Waals surface area contributed by atoms with Crippen molar-refractivity contribution in [1.82, 2.24) is 4.90 Å². The summed E-state index contributed by atoms with van der Waals surface area (Å²) in [5.74, 6) is 3.11. The molecule has 106 valence electrons. The summed E-state index contributed by atoms with van der Waals surface area (Å²) < 4.78 is 0. The highest BCUT2D eigenvalue weighted by Crippen LogP contribution is 2.34. The molecule has 1 saturated heterocycles. The number of rotatable bonds is 6. The van der Waals surface area contributed by atoms with E-state index in [2.05, 4.69) is 23.6 Å². The summed E-state index contributed by atoms with van der Waals surface area (Å²) in [4.78, 5) is 2.68. The second-order valence-electron chi connectivity index (χ2n) is 5.81. The third-order valence-electron chi connectivity index (χ3n) is 4.63. The Bertz CT molecular complexity index is 237. The fraction of sp³-hybridized carbons (Fsp3) is 1.00. The molecule has 0 amide bonds. The van der Waals surface area contributed by atoms with Gasteiger partial charge in [0.1, 0.15) is 0 Å². The summed E-state index contributed by atoms with van der Waals surface area (Å²) in [6.07, 6.45) is 8.83. The summed E-state index contributed by atoms with van der Waals surface area (Å²) >= 11 is 2.05. The first kappa shape index (κ1) is 14.7. The highest BCUT2D eigenvalue weighted by Gasteiger charge is 2.36. The van der Waals surface area contributed by atoms with Crippen molar-refractivity contribution in [1.29, 1.82) is 0 Å². The minimum Gasteiger partial charge on any atom is -0.393 e. The maximum Gasteiger partial charge on any atom is 0.0583 e. The Morgan fingerprint density at radius 3 is 2.78 bits per heavy atom. The molecule has 3 heteroatoms. The molecule has 2 rings (SSSR count). The summed E-state index contributed by atoms with van der Waals surface area (Å²) in [6, 6.07) is 0.687. The van der Waals surface area contributed by atoms with Crippen LogP contribution in [-0.2, 0) is 0 Å². The first-order chi connectivity index (χ1) is 8.83. The maximum absolute atomic E-state index is 10.2. The lowest BCUT2D eigenvalue weighted by Crippen LogP contribution is -2.43. The zero-order valence-corrected chi connectivity index (χ0v) is 12.6. The van der Waals surface area contributed by atoms with Gasteiger partial charge in [0.05, 0.1) is 6.10 Å². The van der Waals surface area contributed by atoms with Gasteiger partial charge < -0.3 is 5.11 Å². The molecular weight excluding hydrogens is 242 g/mol. The molecule has 1 saturated carbocycles. The quantitative estimate of drug-likeness (QED) is 0.751. The molecule has 0 spiro atoms. The van der Waals surface area contributed by atoms with Crippen LogP contribution in [0.5, 0.6) is 0 Å². The molecule has 0 bridgehead atoms. The summed E-state index contributed by atoms with van der Waals surface area (Å²) in [7, 11) is 0. The monoisotopic (exact) mass is 271 g/mol. The van der Waals surface area contributed by atoms with Crippen molar-refractivity contribution in [3.63, 3.8) is 0 Å². The zero-order chi connectivity index (χ0) is 12.8. The van der Waals surface area contributed by atoms with Crippen LogP contribution in [0, 0.1) is 5.92 Å². The van der Waals surface area contributed by atoms with Crippen LogP contribution in [0.3, 0.4) is 0 Å².